The molecular formula is C6H15BrN2. The third-order valence-corrected chi connectivity index (χ3v) is 1.83. The molecule has 0 amide bonds. The molecule has 0 saturated carbocycles. The van der Waals surface area contributed by atoms with Crippen LogP contribution in [0.3, 0.4) is 0 Å². The van der Waals surface area contributed by atoms with Gasteiger partial charge in [-0.25, -0.2) is 0 Å². The fourth-order valence-electron chi connectivity index (χ4n) is 0.943. The van der Waals surface area contributed by atoms with E-state index in [9.17, 15) is 0 Å². The number of likely N-dealkylation sites (N-methyl/N-ethyl adjacent to an activating group) is 1. The predicted octanol–water partition coefficient (Wildman–Crippen LogP) is 0.488. The quantitative estimate of drug-likeness (QED) is 0.605. The maximum Gasteiger partial charge on any atom is 0.0189 e. The zero-order valence-corrected chi connectivity index (χ0v) is 7.77. The normalized spacial score (nSPS) is 29.3. The highest BCUT2D eigenvalue weighted by Gasteiger charge is 2.11. The van der Waals surface area contributed by atoms with E-state index < -0.39 is 0 Å². The van der Waals surface area contributed by atoms with Crippen LogP contribution < -0.4 is 5.32 Å². The molecule has 1 aliphatic heterocycles. The Hall–Kier alpha value is 0.400. The molecule has 0 radical (unpaired) electrons. The number of hydrogen-bond acceptors (Lipinski definition) is 2. The van der Waals surface area contributed by atoms with Crippen LogP contribution in [0.25, 0.3) is 0 Å². The molecule has 0 spiro atoms. The molecule has 1 unspecified atom stereocenters. The molecule has 0 bridgehead atoms. The van der Waals surface area contributed by atoms with Crippen molar-refractivity contribution in [3.63, 3.8) is 0 Å². The van der Waals surface area contributed by atoms with Crippen LogP contribution in [0.1, 0.15) is 6.92 Å². The van der Waals surface area contributed by atoms with Gasteiger partial charge in [-0.3, -0.25) is 0 Å². The number of piperazine rings is 1. The highest BCUT2D eigenvalue weighted by atomic mass is 79.9. The Morgan fingerprint density at radius 3 is 2.56 bits per heavy atom. The lowest BCUT2D eigenvalue weighted by atomic mass is 10.2. The second-order valence-electron chi connectivity index (χ2n) is 2.53. The molecule has 1 heterocycles. The first-order chi connectivity index (χ1) is 3.80. The molecule has 9 heavy (non-hydrogen) atoms. The van der Waals surface area contributed by atoms with Crippen LogP contribution in [0.5, 0.6) is 0 Å². The van der Waals surface area contributed by atoms with Crippen molar-refractivity contribution in [2.75, 3.05) is 26.7 Å². The monoisotopic (exact) mass is 194 g/mol. The fraction of sp³-hybridized carbons (Fsp3) is 1.00. The van der Waals surface area contributed by atoms with Crippen molar-refractivity contribution < 1.29 is 0 Å². The molecule has 1 N–H and O–H groups in total. The average Bonchev–Trinajstić information content (AvgIpc) is 1.77. The van der Waals surface area contributed by atoms with Gasteiger partial charge < -0.3 is 10.2 Å². The molecule has 0 aliphatic carbocycles. The molecule has 1 atom stereocenters. The van der Waals surface area contributed by atoms with E-state index in [1.165, 1.54) is 6.54 Å². The molecule has 0 aromatic rings. The van der Waals surface area contributed by atoms with Crippen LogP contribution >= 0.6 is 17.0 Å². The van der Waals surface area contributed by atoms with Crippen molar-refractivity contribution in [2.45, 2.75) is 13.0 Å². The van der Waals surface area contributed by atoms with Gasteiger partial charge in [-0.15, -0.1) is 17.0 Å². The molecule has 1 rings (SSSR count). The van der Waals surface area contributed by atoms with Gasteiger partial charge in [0.1, 0.15) is 0 Å². The van der Waals surface area contributed by atoms with Crippen molar-refractivity contribution in [1.82, 2.24) is 10.2 Å². The van der Waals surface area contributed by atoms with Crippen LogP contribution in [-0.4, -0.2) is 37.6 Å². The Balaban J connectivity index is 0.000000640. The third-order valence-electron chi connectivity index (χ3n) is 1.83. The van der Waals surface area contributed by atoms with Gasteiger partial charge in [0.05, 0.1) is 0 Å². The van der Waals surface area contributed by atoms with Crippen molar-refractivity contribution in [3.8, 4) is 0 Å². The Kier molecular flexibility index (Phi) is 4.44. The lowest BCUT2D eigenvalue weighted by molar-refractivity contribution is 0.215. The molecular weight excluding hydrogens is 180 g/mol. The topological polar surface area (TPSA) is 15.3 Å². The summed E-state index contributed by atoms with van der Waals surface area (Å²) in [6, 6.07) is 0.726. The van der Waals surface area contributed by atoms with E-state index in [4.69, 9.17) is 0 Å². The van der Waals surface area contributed by atoms with Crippen molar-refractivity contribution in [1.29, 1.82) is 0 Å². The summed E-state index contributed by atoms with van der Waals surface area (Å²) in [6.07, 6.45) is 0. The second-order valence-corrected chi connectivity index (χ2v) is 2.53. The van der Waals surface area contributed by atoms with E-state index in [2.05, 4.69) is 24.2 Å². The van der Waals surface area contributed by atoms with Gasteiger partial charge in [0, 0.05) is 25.7 Å². The maximum absolute atomic E-state index is 3.32. The minimum atomic E-state index is 0. The van der Waals surface area contributed by atoms with Crippen LogP contribution in [0, 0.1) is 0 Å². The molecule has 0 aromatic heterocycles. The van der Waals surface area contributed by atoms with E-state index in [-0.39, 0.29) is 17.0 Å². The second kappa shape index (κ2) is 4.25. The number of halogens is 1. The van der Waals surface area contributed by atoms with Crippen molar-refractivity contribution in [3.05, 3.63) is 0 Å². The lowest BCUT2D eigenvalue weighted by Gasteiger charge is -2.29. The van der Waals surface area contributed by atoms with Crippen LogP contribution in [-0.2, 0) is 0 Å². The van der Waals surface area contributed by atoms with Gasteiger partial charge in [-0.2, -0.15) is 0 Å². The molecule has 1 aliphatic rings. The summed E-state index contributed by atoms with van der Waals surface area (Å²) in [5.74, 6) is 0. The predicted molar refractivity (Wildman–Crippen MR) is 45.3 cm³/mol. The lowest BCUT2D eigenvalue weighted by Crippen LogP contribution is -2.47. The maximum atomic E-state index is 3.32. The summed E-state index contributed by atoms with van der Waals surface area (Å²) < 4.78 is 0. The molecule has 0 aromatic carbocycles. The summed E-state index contributed by atoms with van der Waals surface area (Å²) in [5, 5.41) is 3.32. The van der Waals surface area contributed by atoms with Crippen LogP contribution in [0.15, 0.2) is 0 Å². The van der Waals surface area contributed by atoms with Gasteiger partial charge >= 0.3 is 0 Å². The smallest absolute Gasteiger partial charge is 0.0189 e. The molecule has 1 saturated heterocycles. The number of hydrogen-bond donors (Lipinski definition) is 1. The summed E-state index contributed by atoms with van der Waals surface area (Å²) in [7, 11) is 2.17. The SMILES string of the molecule is Br.CC1CNCCN1C. The Morgan fingerprint density at radius 1 is 1.56 bits per heavy atom. The first kappa shape index (κ1) is 9.40. The van der Waals surface area contributed by atoms with Gasteiger partial charge in [0.15, 0.2) is 0 Å². The first-order valence-corrected chi connectivity index (χ1v) is 3.21. The Bertz CT molecular complexity index is 67.5. The summed E-state index contributed by atoms with van der Waals surface area (Å²) in [5.41, 5.74) is 0. The van der Waals surface area contributed by atoms with Gasteiger partial charge in [0.25, 0.3) is 0 Å². The first-order valence-electron chi connectivity index (χ1n) is 3.21. The Morgan fingerprint density at radius 2 is 2.22 bits per heavy atom. The van der Waals surface area contributed by atoms with E-state index >= 15 is 0 Å². The highest BCUT2D eigenvalue weighted by Crippen LogP contribution is 1.95. The average molecular weight is 195 g/mol. The standard InChI is InChI=1S/C6H14N2.BrH/c1-6-5-7-3-4-8(6)2;/h6-7H,3-5H2,1-2H3;1H. The number of nitrogens with one attached hydrogen (secondary N) is 1. The third kappa shape index (κ3) is 2.65. The summed E-state index contributed by atoms with van der Waals surface area (Å²) in [6.45, 7) is 5.74. The largest absolute Gasteiger partial charge is 0.314 e. The highest BCUT2D eigenvalue weighted by molar-refractivity contribution is 8.93. The summed E-state index contributed by atoms with van der Waals surface area (Å²) >= 11 is 0. The molecule has 1 fully saturated rings. The van der Waals surface area contributed by atoms with E-state index in [1.54, 1.807) is 0 Å². The van der Waals surface area contributed by atoms with Crippen molar-refractivity contribution >= 4 is 17.0 Å². The van der Waals surface area contributed by atoms with E-state index in [0.29, 0.717) is 0 Å². The van der Waals surface area contributed by atoms with Crippen LogP contribution in [0.4, 0.5) is 0 Å². The van der Waals surface area contributed by atoms with Gasteiger partial charge in [-0.05, 0) is 14.0 Å². The zero-order chi connectivity index (χ0) is 5.98. The number of nitrogens with zero attached hydrogens (tertiary/aromatic N) is 1. The van der Waals surface area contributed by atoms with Gasteiger partial charge in [0.2, 0.25) is 0 Å². The van der Waals surface area contributed by atoms with Crippen LogP contribution in [0.2, 0.25) is 0 Å². The molecule has 2 nitrogen and oxygen atoms in total. The van der Waals surface area contributed by atoms with Crippen molar-refractivity contribution in [2.24, 2.45) is 0 Å². The minimum absolute atomic E-state index is 0. The van der Waals surface area contributed by atoms with E-state index in [0.717, 1.165) is 19.1 Å². The summed E-state index contributed by atoms with van der Waals surface area (Å²) in [4.78, 5) is 2.37. The molecule has 56 valence electrons. The zero-order valence-electron chi connectivity index (χ0n) is 6.05. The molecule has 3 heteroatoms. The fourth-order valence-corrected chi connectivity index (χ4v) is 0.943. The van der Waals surface area contributed by atoms with E-state index in [1.807, 2.05) is 0 Å². The minimum Gasteiger partial charge on any atom is -0.314 e. The van der Waals surface area contributed by atoms with Gasteiger partial charge in [-0.1, -0.05) is 0 Å². The Labute approximate surface area is 67.4 Å². The number of rotatable bonds is 0.